The molecule has 0 saturated heterocycles. The Bertz CT molecular complexity index is 418. The van der Waals surface area contributed by atoms with E-state index in [9.17, 15) is 5.11 Å². The van der Waals surface area contributed by atoms with Crippen LogP contribution in [0.3, 0.4) is 0 Å². The van der Waals surface area contributed by atoms with E-state index in [0.717, 1.165) is 23.8 Å². The summed E-state index contributed by atoms with van der Waals surface area (Å²) in [6.07, 6.45) is 9.39. The van der Waals surface area contributed by atoms with Gasteiger partial charge in [0.2, 0.25) is 0 Å². The van der Waals surface area contributed by atoms with Gasteiger partial charge in [-0.05, 0) is 43.4 Å². The fraction of sp³-hybridized carbons (Fsp3) is 0.684. The summed E-state index contributed by atoms with van der Waals surface area (Å²) in [4.78, 5) is 0. The highest BCUT2D eigenvalue weighted by Gasteiger charge is 2.19. The summed E-state index contributed by atoms with van der Waals surface area (Å²) < 4.78 is 5.16. The summed E-state index contributed by atoms with van der Waals surface area (Å²) in [6, 6.07) is 7.92. The van der Waals surface area contributed by atoms with E-state index in [1.807, 2.05) is 24.3 Å². The predicted molar refractivity (Wildman–Crippen MR) is 90.0 cm³/mol. The van der Waals surface area contributed by atoms with E-state index in [-0.39, 0.29) is 18.4 Å². The molecule has 3 nitrogen and oxygen atoms in total. The molecule has 1 aromatic carbocycles. The third-order valence-electron chi connectivity index (χ3n) is 5.04. The highest BCUT2D eigenvalue weighted by molar-refractivity contribution is 5.28. The minimum Gasteiger partial charge on any atom is -1.00 e. The van der Waals surface area contributed by atoms with Crippen molar-refractivity contribution in [3.63, 3.8) is 0 Å². The molecule has 0 bridgehead atoms. The summed E-state index contributed by atoms with van der Waals surface area (Å²) in [5.41, 5.74) is 0.969. The monoisotopic (exact) mass is 341 g/mol. The van der Waals surface area contributed by atoms with Gasteiger partial charge in [0.25, 0.3) is 0 Å². The molecule has 0 amide bonds. The number of nitrogens with two attached hydrogens (primary N) is 1. The van der Waals surface area contributed by atoms with Crippen LogP contribution >= 0.6 is 0 Å². The minimum absolute atomic E-state index is 0. The maximum absolute atomic E-state index is 10.4. The maximum Gasteiger partial charge on any atom is 0.130 e. The normalized spacial score (nSPS) is 18.0. The van der Waals surface area contributed by atoms with E-state index in [4.69, 9.17) is 4.74 Å². The molecule has 132 valence electrons. The Balaban J connectivity index is 0.00000264. The van der Waals surface area contributed by atoms with Crippen molar-refractivity contribution < 1.29 is 27.6 Å². The number of quaternary nitrogens is 1. The van der Waals surface area contributed by atoms with Gasteiger partial charge in [0, 0.05) is 0 Å². The van der Waals surface area contributed by atoms with Gasteiger partial charge in [-0.15, -0.1) is 0 Å². The Morgan fingerprint density at radius 2 is 1.83 bits per heavy atom. The third-order valence-corrected chi connectivity index (χ3v) is 5.04. The lowest BCUT2D eigenvalue weighted by molar-refractivity contribution is -0.694. The molecule has 1 fully saturated rings. The standard InChI is InChI=1S/C19H31NO2.ClH/c1-15(19(21)17-10-12-18(22-2)13-11-17)20-14-6-9-16-7-4-3-5-8-16;/h10-13,15-16,19-21H,3-9,14H2,1-2H3;1H. The number of rotatable bonds is 8. The third kappa shape index (κ3) is 6.70. The zero-order chi connectivity index (χ0) is 15.8. The highest BCUT2D eigenvalue weighted by atomic mass is 35.5. The van der Waals surface area contributed by atoms with E-state index in [1.54, 1.807) is 7.11 Å². The fourth-order valence-corrected chi connectivity index (χ4v) is 3.50. The van der Waals surface area contributed by atoms with Crippen LogP contribution in [0.25, 0.3) is 0 Å². The van der Waals surface area contributed by atoms with Crippen molar-refractivity contribution in [3.05, 3.63) is 29.8 Å². The Morgan fingerprint density at radius 3 is 2.43 bits per heavy atom. The quantitative estimate of drug-likeness (QED) is 0.656. The Hall–Kier alpha value is -0.770. The molecule has 0 aliphatic heterocycles. The fourth-order valence-electron chi connectivity index (χ4n) is 3.50. The van der Waals surface area contributed by atoms with Gasteiger partial charge in [0.15, 0.2) is 0 Å². The lowest BCUT2D eigenvalue weighted by Gasteiger charge is -2.22. The van der Waals surface area contributed by atoms with Crippen molar-refractivity contribution in [3.8, 4) is 5.75 Å². The molecule has 1 aromatic rings. The molecular weight excluding hydrogens is 310 g/mol. The van der Waals surface area contributed by atoms with E-state index in [0.29, 0.717) is 0 Å². The number of methoxy groups -OCH3 is 1. The molecule has 0 aromatic heterocycles. The van der Waals surface area contributed by atoms with Crippen LogP contribution in [0.5, 0.6) is 5.75 Å². The second kappa shape index (κ2) is 10.9. The molecule has 2 atom stereocenters. The van der Waals surface area contributed by atoms with Crippen molar-refractivity contribution in [2.24, 2.45) is 5.92 Å². The maximum atomic E-state index is 10.4. The average molecular weight is 342 g/mol. The lowest BCUT2D eigenvalue weighted by atomic mass is 9.86. The van der Waals surface area contributed by atoms with E-state index in [1.165, 1.54) is 44.9 Å². The van der Waals surface area contributed by atoms with Gasteiger partial charge in [-0.2, -0.15) is 0 Å². The summed E-state index contributed by atoms with van der Waals surface area (Å²) >= 11 is 0. The van der Waals surface area contributed by atoms with Crippen LogP contribution in [0, 0.1) is 5.92 Å². The molecule has 1 aliphatic carbocycles. The van der Waals surface area contributed by atoms with Crippen LogP contribution < -0.4 is 22.5 Å². The molecule has 0 radical (unpaired) electrons. The van der Waals surface area contributed by atoms with E-state index < -0.39 is 6.10 Å². The molecule has 3 N–H and O–H groups in total. The SMILES string of the molecule is COc1ccc(C(O)C(C)[NH2+]CCCC2CCCCC2)cc1.[Cl-]. The largest absolute Gasteiger partial charge is 1.00 e. The van der Waals surface area contributed by atoms with Crippen LogP contribution in [0.1, 0.15) is 63.5 Å². The minimum atomic E-state index is -0.416. The van der Waals surface area contributed by atoms with Crippen LogP contribution in [0.2, 0.25) is 0 Å². The van der Waals surface area contributed by atoms with Crippen molar-refractivity contribution in [2.45, 2.75) is 64.0 Å². The number of hydrogen-bond acceptors (Lipinski definition) is 2. The number of benzene rings is 1. The molecule has 2 unspecified atom stereocenters. The van der Waals surface area contributed by atoms with Crippen LogP contribution in [0.15, 0.2) is 24.3 Å². The summed E-state index contributed by atoms with van der Waals surface area (Å²) in [5.74, 6) is 1.80. The molecule has 4 heteroatoms. The van der Waals surface area contributed by atoms with Gasteiger partial charge in [-0.3, -0.25) is 0 Å². The van der Waals surface area contributed by atoms with Crippen LogP contribution in [0.4, 0.5) is 0 Å². The Labute approximate surface area is 147 Å². The van der Waals surface area contributed by atoms with Crippen LogP contribution in [-0.2, 0) is 0 Å². The van der Waals surface area contributed by atoms with Crippen LogP contribution in [-0.4, -0.2) is 24.8 Å². The van der Waals surface area contributed by atoms with E-state index >= 15 is 0 Å². The summed E-state index contributed by atoms with van der Waals surface area (Å²) in [6.45, 7) is 3.22. The van der Waals surface area contributed by atoms with Gasteiger partial charge >= 0.3 is 0 Å². The van der Waals surface area contributed by atoms with Gasteiger partial charge in [-0.25, -0.2) is 0 Å². The average Bonchev–Trinajstić information content (AvgIpc) is 2.59. The lowest BCUT2D eigenvalue weighted by Crippen LogP contribution is -3.00. The molecule has 1 aliphatic rings. The topological polar surface area (TPSA) is 46.1 Å². The first-order valence-corrected chi connectivity index (χ1v) is 8.86. The Morgan fingerprint density at radius 1 is 1.17 bits per heavy atom. The highest BCUT2D eigenvalue weighted by Crippen LogP contribution is 2.26. The smallest absolute Gasteiger partial charge is 0.130 e. The second-order valence-electron chi connectivity index (χ2n) is 6.75. The first kappa shape index (κ1) is 20.3. The predicted octanol–water partition coefficient (Wildman–Crippen LogP) is 0.0450. The summed E-state index contributed by atoms with van der Waals surface area (Å²) in [7, 11) is 1.66. The van der Waals surface area contributed by atoms with E-state index in [2.05, 4.69) is 12.2 Å². The molecule has 0 heterocycles. The Kier molecular flexibility index (Phi) is 9.61. The molecule has 2 rings (SSSR count). The molecule has 0 spiro atoms. The number of aliphatic hydroxyl groups is 1. The number of aliphatic hydroxyl groups excluding tert-OH is 1. The van der Waals surface area contributed by atoms with Gasteiger partial charge < -0.3 is 27.6 Å². The zero-order valence-electron chi connectivity index (χ0n) is 14.5. The first-order chi connectivity index (χ1) is 10.7. The van der Waals surface area contributed by atoms with Crippen molar-refractivity contribution in [2.75, 3.05) is 13.7 Å². The summed E-state index contributed by atoms with van der Waals surface area (Å²) in [5, 5.41) is 12.7. The van der Waals surface area contributed by atoms with Crippen molar-refractivity contribution >= 4 is 0 Å². The zero-order valence-corrected chi connectivity index (χ0v) is 15.3. The number of halogens is 1. The van der Waals surface area contributed by atoms with Crippen molar-refractivity contribution in [1.82, 2.24) is 0 Å². The molecular formula is C19H32ClNO2. The first-order valence-electron chi connectivity index (χ1n) is 8.86. The van der Waals surface area contributed by atoms with Crippen molar-refractivity contribution in [1.29, 1.82) is 0 Å². The number of ether oxygens (including phenoxy) is 1. The number of hydrogen-bond donors (Lipinski definition) is 2. The van der Waals surface area contributed by atoms with Gasteiger partial charge in [0.05, 0.1) is 13.7 Å². The van der Waals surface area contributed by atoms with Gasteiger partial charge in [-0.1, -0.05) is 44.2 Å². The molecule has 23 heavy (non-hydrogen) atoms. The molecule has 1 saturated carbocycles. The second-order valence-corrected chi connectivity index (χ2v) is 6.75. The van der Waals surface area contributed by atoms with Gasteiger partial charge in [0.1, 0.15) is 17.9 Å².